The average molecular weight is 376 g/mol. The number of carbonyl (C=O) groups is 1. The van der Waals surface area contributed by atoms with E-state index in [2.05, 4.69) is 28.1 Å². The van der Waals surface area contributed by atoms with E-state index in [1.165, 1.54) is 5.56 Å². The normalized spacial score (nSPS) is 10.9. The van der Waals surface area contributed by atoms with Gasteiger partial charge in [-0.15, -0.1) is 0 Å². The van der Waals surface area contributed by atoms with Crippen molar-refractivity contribution in [1.29, 1.82) is 0 Å². The van der Waals surface area contributed by atoms with Gasteiger partial charge < -0.3 is 9.88 Å². The average Bonchev–Trinajstić information content (AvgIpc) is 3.05. The number of nitrogens with zero attached hydrogens (tertiary/aromatic N) is 2. The van der Waals surface area contributed by atoms with Gasteiger partial charge in [-0.3, -0.25) is 4.79 Å². The number of amides is 1. The van der Waals surface area contributed by atoms with E-state index >= 15 is 0 Å². The Kier molecular flexibility index (Phi) is 4.90. The number of rotatable bonds is 5. The zero-order valence-corrected chi connectivity index (χ0v) is 15.4. The molecule has 1 N–H and O–H groups in total. The third-order valence-corrected chi connectivity index (χ3v) is 4.68. The topological polar surface area (TPSA) is 46.9 Å². The Morgan fingerprint density at radius 3 is 2.41 bits per heavy atom. The molecule has 4 nitrogen and oxygen atoms in total. The summed E-state index contributed by atoms with van der Waals surface area (Å²) in [6.07, 6.45) is 0. The van der Waals surface area contributed by atoms with Gasteiger partial charge in [0.1, 0.15) is 5.82 Å². The van der Waals surface area contributed by atoms with Gasteiger partial charge in [0.25, 0.3) is 5.91 Å². The number of halogens is 1. The standard InChI is InChI=1S/C22H18ClN3O/c23-18-12-10-17(11-13-18)22(27)24-14-21-25-19-8-4-5-9-20(19)26(21)15-16-6-2-1-3-7-16/h1-13H,14-15H2,(H,24,27). The van der Waals surface area contributed by atoms with Crippen LogP contribution in [0.25, 0.3) is 11.0 Å². The molecule has 0 radical (unpaired) electrons. The maximum absolute atomic E-state index is 12.4. The van der Waals surface area contributed by atoms with E-state index in [4.69, 9.17) is 16.6 Å². The van der Waals surface area contributed by atoms with Gasteiger partial charge in [0.05, 0.1) is 17.6 Å². The summed E-state index contributed by atoms with van der Waals surface area (Å²) in [4.78, 5) is 17.1. The molecule has 3 aromatic carbocycles. The highest BCUT2D eigenvalue weighted by molar-refractivity contribution is 6.30. The molecule has 4 rings (SSSR count). The van der Waals surface area contributed by atoms with Crippen molar-refractivity contribution in [1.82, 2.24) is 14.9 Å². The Balaban J connectivity index is 1.60. The molecular formula is C22H18ClN3O. The molecule has 1 amide bonds. The van der Waals surface area contributed by atoms with Crippen LogP contribution in [-0.2, 0) is 13.1 Å². The number of para-hydroxylation sites is 2. The third kappa shape index (κ3) is 3.86. The first kappa shape index (κ1) is 17.3. The maximum Gasteiger partial charge on any atom is 0.251 e. The third-order valence-electron chi connectivity index (χ3n) is 4.43. The number of carbonyl (C=O) groups excluding carboxylic acids is 1. The van der Waals surface area contributed by atoms with Crippen LogP contribution in [0.1, 0.15) is 21.7 Å². The first-order valence-corrected chi connectivity index (χ1v) is 9.10. The van der Waals surface area contributed by atoms with Crippen LogP contribution in [-0.4, -0.2) is 15.5 Å². The predicted octanol–water partition coefficient (Wildman–Crippen LogP) is 4.67. The maximum atomic E-state index is 12.4. The highest BCUT2D eigenvalue weighted by Gasteiger charge is 2.13. The fourth-order valence-corrected chi connectivity index (χ4v) is 3.19. The lowest BCUT2D eigenvalue weighted by Crippen LogP contribution is -2.24. The van der Waals surface area contributed by atoms with Gasteiger partial charge in [-0.25, -0.2) is 4.98 Å². The lowest BCUT2D eigenvalue weighted by atomic mass is 10.2. The first-order valence-electron chi connectivity index (χ1n) is 8.72. The van der Waals surface area contributed by atoms with Crippen LogP contribution < -0.4 is 5.32 Å². The summed E-state index contributed by atoms with van der Waals surface area (Å²) in [5.41, 5.74) is 3.73. The van der Waals surface area contributed by atoms with Gasteiger partial charge in [0, 0.05) is 17.1 Å². The quantitative estimate of drug-likeness (QED) is 0.551. The van der Waals surface area contributed by atoms with Gasteiger partial charge in [0.15, 0.2) is 0 Å². The van der Waals surface area contributed by atoms with Crippen molar-refractivity contribution >= 4 is 28.5 Å². The molecule has 27 heavy (non-hydrogen) atoms. The zero-order chi connectivity index (χ0) is 18.6. The van der Waals surface area contributed by atoms with Crippen LogP contribution >= 0.6 is 11.6 Å². The minimum atomic E-state index is -0.148. The van der Waals surface area contributed by atoms with Gasteiger partial charge >= 0.3 is 0 Å². The molecule has 0 unspecified atom stereocenters. The van der Waals surface area contributed by atoms with Gasteiger partial charge in [0.2, 0.25) is 0 Å². The van der Waals surface area contributed by atoms with Crippen molar-refractivity contribution < 1.29 is 4.79 Å². The Morgan fingerprint density at radius 2 is 1.63 bits per heavy atom. The number of nitrogens with one attached hydrogen (secondary N) is 1. The van der Waals surface area contributed by atoms with E-state index in [1.807, 2.05) is 36.4 Å². The number of imidazole rings is 1. The van der Waals surface area contributed by atoms with Crippen LogP contribution in [0.3, 0.4) is 0 Å². The molecule has 0 bridgehead atoms. The highest BCUT2D eigenvalue weighted by atomic mass is 35.5. The number of fused-ring (bicyclic) bond motifs is 1. The van der Waals surface area contributed by atoms with Crippen molar-refractivity contribution in [2.24, 2.45) is 0 Å². The van der Waals surface area contributed by atoms with Gasteiger partial charge in [-0.05, 0) is 42.0 Å². The molecule has 134 valence electrons. The minimum Gasteiger partial charge on any atom is -0.345 e. The largest absolute Gasteiger partial charge is 0.345 e. The monoisotopic (exact) mass is 375 g/mol. The summed E-state index contributed by atoms with van der Waals surface area (Å²) in [6, 6.07) is 25.1. The van der Waals surface area contributed by atoms with Gasteiger partial charge in [-0.2, -0.15) is 0 Å². The Labute approximate surface area is 162 Å². The van der Waals surface area contributed by atoms with Crippen molar-refractivity contribution in [3.8, 4) is 0 Å². The second kappa shape index (κ2) is 7.64. The summed E-state index contributed by atoms with van der Waals surface area (Å²) >= 11 is 5.89. The Morgan fingerprint density at radius 1 is 0.926 bits per heavy atom. The number of hydrogen-bond acceptors (Lipinski definition) is 2. The second-order valence-electron chi connectivity index (χ2n) is 6.28. The van der Waals surface area contributed by atoms with Crippen LogP contribution in [0.5, 0.6) is 0 Å². The zero-order valence-electron chi connectivity index (χ0n) is 14.6. The van der Waals surface area contributed by atoms with E-state index < -0.39 is 0 Å². The smallest absolute Gasteiger partial charge is 0.251 e. The lowest BCUT2D eigenvalue weighted by molar-refractivity contribution is 0.0949. The SMILES string of the molecule is O=C(NCc1nc2ccccc2n1Cc1ccccc1)c1ccc(Cl)cc1. The van der Waals surface area contributed by atoms with Crippen LogP contribution in [0, 0.1) is 0 Å². The summed E-state index contributed by atoms with van der Waals surface area (Å²) in [6.45, 7) is 1.05. The van der Waals surface area contributed by atoms with E-state index in [0.29, 0.717) is 23.7 Å². The van der Waals surface area contributed by atoms with Crippen molar-refractivity contribution in [3.63, 3.8) is 0 Å². The molecule has 0 aliphatic carbocycles. The summed E-state index contributed by atoms with van der Waals surface area (Å²) < 4.78 is 2.15. The number of benzene rings is 3. The summed E-state index contributed by atoms with van der Waals surface area (Å²) in [5.74, 6) is 0.673. The van der Waals surface area contributed by atoms with E-state index in [9.17, 15) is 4.79 Å². The van der Waals surface area contributed by atoms with Crippen molar-refractivity contribution in [3.05, 3.63) is 101 Å². The molecule has 1 heterocycles. The van der Waals surface area contributed by atoms with E-state index in [-0.39, 0.29) is 5.91 Å². The molecule has 0 saturated heterocycles. The highest BCUT2D eigenvalue weighted by Crippen LogP contribution is 2.18. The second-order valence-corrected chi connectivity index (χ2v) is 6.71. The molecule has 0 saturated carbocycles. The first-order chi connectivity index (χ1) is 13.2. The molecule has 0 atom stereocenters. The number of aromatic nitrogens is 2. The molecule has 4 aromatic rings. The molecule has 5 heteroatoms. The summed E-state index contributed by atoms with van der Waals surface area (Å²) in [5, 5.41) is 3.56. The van der Waals surface area contributed by atoms with Crippen molar-refractivity contribution in [2.75, 3.05) is 0 Å². The fourth-order valence-electron chi connectivity index (χ4n) is 3.07. The Bertz CT molecular complexity index is 1070. The molecule has 0 aliphatic rings. The van der Waals surface area contributed by atoms with Crippen LogP contribution in [0.4, 0.5) is 0 Å². The molecule has 0 spiro atoms. The molecule has 0 aliphatic heterocycles. The lowest BCUT2D eigenvalue weighted by Gasteiger charge is -2.10. The summed E-state index contributed by atoms with van der Waals surface area (Å²) in [7, 11) is 0. The van der Waals surface area contributed by atoms with Gasteiger partial charge in [-0.1, -0.05) is 54.1 Å². The van der Waals surface area contributed by atoms with Crippen LogP contribution in [0.15, 0.2) is 78.9 Å². The fraction of sp³-hybridized carbons (Fsp3) is 0.0909. The number of hydrogen-bond donors (Lipinski definition) is 1. The van der Waals surface area contributed by atoms with E-state index in [0.717, 1.165) is 16.9 Å². The molecule has 1 aromatic heterocycles. The molecular weight excluding hydrogens is 358 g/mol. The van der Waals surface area contributed by atoms with Crippen molar-refractivity contribution in [2.45, 2.75) is 13.1 Å². The minimum absolute atomic E-state index is 0.148. The molecule has 0 fully saturated rings. The van der Waals surface area contributed by atoms with Crippen LogP contribution in [0.2, 0.25) is 5.02 Å². The predicted molar refractivity (Wildman–Crippen MR) is 108 cm³/mol. The van der Waals surface area contributed by atoms with E-state index in [1.54, 1.807) is 24.3 Å². The Hall–Kier alpha value is -3.11.